The average Bonchev–Trinajstić information content (AvgIpc) is 3.28. The van der Waals surface area contributed by atoms with E-state index in [1.54, 1.807) is 16.4 Å². The number of aromatic nitrogens is 3. The number of rotatable bonds is 11. The number of aryl methyl sites for hydroxylation is 1. The van der Waals surface area contributed by atoms with Crippen LogP contribution in [0.25, 0.3) is 0 Å². The van der Waals surface area contributed by atoms with Crippen molar-refractivity contribution >= 4 is 23.7 Å². The van der Waals surface area contributed by atoms with Crippen LogP contribution in [0.2, 0.25) is 0 Å². The number of esters is 1. The molecule has 0 amide bonds. The van der Waals surface area contributed by atoms with Crippen LogP contribution >= 0.6 is 11.8 Å². The molecule has 0 saturated heterocycles. The number of thioether (sulfide) groups is 1. The van der Waals surface area contributed by atoms with Crippen molar-refractivity contribution in [3.05, 3.63) is 76.5 Å². The Balaban J connectivity index is 1.65. The largest absolute Gasteiger partial charge is 0.489 e. The number of allylic oxidation sites excluding steroid dienone is 1. The Morgan fingerprint density at radius 3 is 2.67 bits per heavy atom. The number of ether oxygens (including phenoxy) is 2. The zero-order valence-corrected chi connectivity index (χ0v) is 22.2. The number of hydrogen-bond donors (Lipinski definition) is 1. The predicted molar refractivity (Wildman–Crippen MR) is 143 cm³/mol. The Labute approximate surface area is 217 Å². The molecule has 0 radical (unpaired) electrons. The van der Waals surface area contributed by atoms with Gasteiger partial charge in [0.25, 0.3) is 0 Å². The lowest BCUT2D eigenvalue weighted by Gasteiger charge is -2.28. The van der Waals surface area contributed by atoms with Gasteiger partial charge >= 0.3 is 5.97 Å². The molecule has 0 fully saturated rings. The van der Waals surface area contributed by atoms with Gasteiger partial charge in [0.1, 0.15) is 18.4 Å². The van der Waals surface area contributed by atoms with Gasteiger partial charge in [0.05, 0.1) is 12.2 Å². The quantitative estimate of drug-likeness (QED) is 0.186. The standard InChI is InChI=1S/C28H34N4O3S/c1-5-7-15-34-26(33)24-20(4)29-27-30-28(36-16-6-2)31-32(27)25(24)22-9-8-10-23(17-22)35-18-21-13-11-19(3)12-14-21/h8-14,17,25H,5-7,15-16,18H2,1-4H3,(H,29,30,31). The number of fused-ring (bicyclic) bond motifs is 1. The van der Waals surface area contributed by atoms with Crippen LogP contribution in [0.1, 0.15) is 62.8 Å². The van der Waals surface area contributed by atoms with Gasteiger partial charge in [-0.05, 0) is 49.9 Å². The van der Waals surface area contributed by atoms with E-state index in [9.17, 15) is 4.79 Å². The van der Waals surface area contributed by atoms with E-state index in [1.807, 2.05) is 31.2 Å². The second-order valence-corrected chi connectivity index (χ2v) is 9.98. The van der Waals surface area contributed by atoms with E-state index in [-0.39, 0.29) is 5.97 Å². The maximum Gasteiger partial charge on any atom is 0.338 e. The van der Waals surface area contributed by atoms with E-state index in [0.29, 0.717) is 29.9 Å². The summed E-state index contributed by atoms with van der Waals surface area (Å²) in [5, 5.41) is 8.72. The molecule has 4 rings (SSSR count). The van der Waals surface area contributed by atoms with Crippen molar-refractivity contribution < 1.29 is 14.3 Å². The highest BCUT2D eigenvalue weighted by Crippen LogP contribution is 2.37. The summed E-state index contributed by atoms with van der Waals surface area (Å²) in [5.74, 6) is 1.93. The Bertz CT molecular complexity index is 1220. The van der Waals surface area contributed by atoms with Gasteiger partial charge in [0.15, 0.2) is 0 Å². The lowest BCUT2D eigenvalue weighted by molar-refractivity contribution is -0.139. The highest BCUT2D eigenvalue weighted by Gasteiger charge is 2.35. The third kappa shape index (κ3) is 6.10. The molecule has 2 aromatic carbocycles. The van der Waals surface area contributed by atoms with Crippen molar-refractivity contribution in [2.24, 2.45) is 0 Å². The number of unbranched alkanes of at least 4 members (excludes halogenated alkanes) is 1. The molecule has 1 aliphatic heterocycles. The molecule has 0 aliphatic carbocycles. The SMILES string of the molecule is CCCCOC(=O)C1=C(C)Nc2nc(SCCC)nn2C1c1cccc(OCc2ccc(C)cc2)c1. The van der Waals surface area contributed by atoms with Crippen LogP contribution in [0.4, 0.5) is 5.95 Å². The van der Waals surface area contributed by atoms with Crippen LogP contribution < -0.4 is 10.1 Å². The number of carbonyl (C=O) groups excluding carboxylic acids is 1. The number of nitrogens with zero attached hydrogens (tertiary/aromatic N) is 3. The topological polar surface area (TPSA) is 78.3 Å². The highest BCUT2D eigenvalue weighted by molar-refractivity contribution is 7.99. The van der Waals surface area contributed by atoms with E-state index in [0.717, 1.165) is 47.6 Å². The fourth-order valence-corrected chi connectivity index (χ4v) is 4.65. The van der Waals surface area contributed by atoms with E-state index in [4.69, 9.17) is 14.6 Å². The molecule has 190 valence electrons. The van der Waals surface area contributed by atoms with E-state index in [1.165, 1.54) is 5.56 Å². The minimum absolute atomic E-state index is 0.340. The van der Waals surface area contributed by atoms with Crippen molar-refractivity contribution in [3.8, 4) is 5.75 Å². The Morgan fingerprint density at radius 2 is 1.92 bits per heavy atom. The summed E-state index contributed by atoms with van der Waals surface area (Å²) in [7, 11) is 0. The molecule has 0 spiro atoms. The van der Waals surface area contributed by atoms with Gasteiger partial charge in [-0.2, -0.15) is 4.98 Å². The molecule has 36 heavy (non-hydrogen) atoms. The predicted octanol–water partition coefficient (Wildman–Crippen LogP) is 6.30. The van der Waals surface area contributed by atoms with Gasteiger partial charge in [-0.1, -0.05) is 74.0 Å². The summed E-state index contributed by atoms with van der Waals surface area (Å²) in [5.41, 5.74) is 4.45. The third-order valence-electron chi connectivity index (χ3n) is 5.92. The molecular formula is C28H34N4O3S. The van der Waals surface area contributed by atoms with Crippen LogP contribution in [0.5, 0.6) is 5.75 Å². The number of anilines is 1. The van der Waals surface area contributed by atoms with Gasteiger partial charge in [-0.25, -0.2) is 9.48 Å². The van der Waals surface area contributed by atoms with Crippen molar-refractivity contribution in [1.29, 1.82) is 0 Å². The molecule has 0 bridgehead atoms. The van der Waals surface area contributed by atoms with Gasteiger partial charge in [0, 0.05) is 11.4 Å². The Kier molecular flexibility index (Phi) is 8.70. The summed E-state index contributed by atoms with van der Waals surface area (Å²) in [6, 6.07) is 15.7. The van der Waals surface area contributed by atoms with Gasteiger partial charge in [-0.3, -0.25) is 0 Å². The third-order valence-corrected chi connectivity index (χ3v) is 6.96. The number of nitrogens with one attached hydrogen (secondary N) is 1. The second kappa shape index (κ2) is 12.1. The number of carbonyl (C=O) groups is 1. The average molecular weight is 507 g/mol. The van der Waals surface area contributed by atoms with E-state index < -0.39 is 6.04 Å². The summed E-state index contributed by atoms with van der Waals surface area (Å²) in [6.45, 7) is 9.00. The van der Waals surface area contributed by atoms with Crippen LogP contribution in [0.3, 0.4) is 0 Å². The molecule has 1 atom stereocenters. The summed E-state index contributed by atoms with van der Waals surface area (Å²) in [4.78, 5) is 17.9. The molecule has 0 saturated carbocycles. The molecule has 1 unspecified atom stereocenters. The molecule has 8 heteroatoms. The lowest BCUT2D eigenvalue weighted by atomic mass is 9.95. The normalized spacial score (nSPS) is 14.8. The Hall–Kier alpha value is -3.26. The first-order valence-electron chi connectivity index (χ1n) is 12.5. The van der Waals surface area contributed by atoms with Gasteiger partial charge in [0.2, 0.25) is 11.1 Å². The molecule has 7 nitrogen and oxygen atoms in total. The van der Waals surface area contributed by atoms with Crippen molar-refractivity contribution in [2.45, 2.75) is 64.8 Å². The molecule has 1 aliphatic rings. The Morgan fingerprint density at radius 1 is 1.11 bits per heavy atom. The van der Waals surface area contributed by atoms with Crippen molar-refractivity contribution in [1.82, 2.24) is 14.8 Å². The first-order valence-corrected chi connectivity index (χ1v) is 13.5. The minimum Gasteiger partial charge on any atom is -0.489 e. The fraction of sp³-hybridized carbons (Fsp3) is 0.393. The minimum atomic E-state index is -0.471. The summed E-state index contributed by atoms with van der Waals surface area (Å²) < 4.78 is 13.5. The number of hydrogen-bond acceptors (Lipinski definition) is 7. The lowest BCUT2D eigenvalue weighted by Crippen LogP contribution is -2.29. The van der Waals surface area contributed by atoms with Gasteiger partial charge < -0.3 is 14.8 Å². The first kappa shape index (κ1) is 25.8. The smallest absolute Gasteiger partial charge is 0.338 e. The summed E-state index contributed by atoms with van der Waals surface area (Å²) >= 11 is 1.61. The molecular weight excluding hydrogens is 472 g/mol. The van der Waals surface area contributed by atoms with Crippen LogP contribution in [0.15, 0.2) is 65.0 Å². The monoisotopic (exact) mass is 506 g/mol. The maximum atomic E-state index is 13.3. The number of benzene rings is 2. The van der Waals surface area contributed by atoms with Crippen LogP contribution in [-0.2, 0) is 16.1 Å². The summed E-state index contributed by atoms with van der Waals surface area (Å²) in [6.07, 6.45) is 2.81. The molecule has 1 aromatic heterocycles. The first-order chi connectivity index (χ1) is 17.5. The van der Waals surface area contributed by atoms with Crippen molar-refractivity contribution in [2.75, 3.05) is 17.7 Å². The zero-order valence-electron chi connectivity index (χ0n) is 21.4. The maximum absolute atomic E-state index is 13.3. The molecule has 2 heterocycles. The van der Waals surface area contributed by atoms with Gasteiger partial charge in [-0.15, -0.1) is 5.10 Å². The van der Waals surface area contributed by atoms with E-state index >= 15 is 0 Å². The fourth-order valence-electron chi connectivity index (χ4n) is 3.97. The van der Waals surface area contributed by atoms with E-state index in [2.05, 4.69) is 55.3 Å². The zero-order chi connectivity index (χ0) is 25.5. The van der Waals surface area contributed by atoms with Crippen LogP contribution in [-0.4, -0.2) is 33.1 Å². The van der Waals surface area contributed by atoms with Crippen LogP contribution in [0, 0.1) is 6.92 Å². The molecule has 1 N–H and O–H groups in total. The second-order valence-electron chi connectivity index (χ2n) is 8.91. The highest BCUT2D eigenvalue weighted by atomic mass is 32.2. The molecule has 3 aromatic rings. The van der Waals surface area contributed by atoms with Crippen molar-refractivity contribution in [3.63, 3.8) is 0 Å².